The summed E-state index contributed by atoms with van der Waals surface area (Å²) in [5, 5.41) is 14.0. The molecule has 4 rings (SSSR count). The van der Waals surface area contributed by atoms with E-state index < -0.39 is 0 Å². The van der Waals surface area contributed by atoms with E-state index in [2.05, 4.69) is 10.6 Å². The number of hydrogen-bond acceptors (Lipinski definition) is 7. The summed E-state index contributed by atoms with van der Waals surface area (Å²) in [7, 11) is 4.77. The van der Waals surface area contributed by atoms with Crippen molar-refractivity contribution in [3.05, 3.63) is 76.0 Å². The van der Waals surface area contributed by atoms with Crippen molar-refractivity contribution in [2.24, 2.45) is 5.10 Å². The van der Waals surface area contributed by atoms with E-state index in [9.17, 15) is 9.59 Å². The van der Waals surface area contributed by atoms with Crippen LogP contribution in [0.25, 0.3) is 0 Å². The molecule has 34 heavy (non-hydrogen) atoms. The van der Waals surface area contributed by atoms with E-state index in [4.69, 9.17) is 14.6 Å². The average Bonchev–Trinajstić information content (AvgIpc) is 3.57. The van der Waals surface area contributed by atoms with E-state index >= 15 is 0 Å². The molecule has 0 fully saturated rings. The summed E-state index contributed by atoms with van der Waals surface area (Å²) in [4.78, 5) is 26.0. The Kier molecular flexibility index (Phi) is 7.12. The van der Waals surface area contributed by atoms with E-state index in [0.717, 1.165) is 21.8 Å². The Bertz CT molecular complexity index is 1190. The lowest BCUT2D eigenvalue weighted by Crippen LogP contribution is -2.32. The summed E-state index contributed by atoms with van der Waals surface area (Å²) in [6.45, 7) is 0.0599. The van der Waals surface area contributed by atoms with Crippen molar-refractivity contribution in [2.45, 2.75) is 12.5 Å². The van der Waals surface area contributed by atoms with E-state index in [-0.39, 0.29) is 24.4 Å². The normalized spacial score (nSPS) is 15.0. The van der Waals surface area contributed by atoms with Gasteiger partial charge in [0.2, 0.25) is 0 Å². The standard InChI is InChI=1S/C25H26N4O4S/c1-26-25(31)16-6-9-18(10-7-16)27-15-24(30)29-20(14-19(28-29)23-5-4-12-34-23)17-8-11-21(32-2)22(13-17)33-3/h4-13,20,27H,14-15H2,1-3H3,(H,26,31)/t20-/m0/s1. The van der Waals surface area contributed by atoms with E-state index in [1.165, 1.54) is 0 Å². The van der Waals surface area contributed by atoms with E-state index in [1.807, 2.05) is 35.7 Å². The number of thiophene rings is 1. The highest BCUT2D eigenvalue weighted by molar-refractivity contribution is 7.12. The molecule has 1 aromatic heterocycles. The maximum absolute atomic E-state index is 13.3. The van der Waals surface area contributed by atoms with Gasteiger partial charge in [-0.15, -0.1) is 11.3 Å². The molecule has 2 heterocycles. The molecule has 0 radical (unpaired) electrons. The molecule has 1 aliphatic rings. The van der Waals surface area contributed by atoms with Gasteiger partial charge in [-0.05, 0) is 53.4 Å². The first-order valence-corrected chi connectivity index (χ1v) is 11.6. The molecule has 0 saturated carbocycles. The highest BCUT2D eigenvalue weighted by Gasteiger charge is 2.33. The number of benzene rings is 2. The molecule has 176 valence electrons. The maximum Gasteiger partial charge on any atom is 0.262 e. The van der Waals surface area contributed by atoms with Crippen molar-refractivity contribution in [2.75, 3.05) is 33.1 Å². The molecule has 0 bridgehead atoms. The summed E-state index contributed by atoms with van der Waals surface area (Å²) in [5.41, 5.74) is 3.08. The van der Waals surface area contributed by atoms with Gasteiger partial charge in [0.1, 0.15) is 0 Å². The Morgan fingerprint density at radius 3 is 2.50 bits per heavy atom. The Morgan fingerprint density at radius 2 is 1.85 bits per heavy atom. The van der Waals surface area contributed by atoms with Crippen LogP contribution in [0, 0.1) is 0 Å². The van der Waals surface area contributed by atoms with Gasteiger partial charge in [-0.3, -0.25) is 9.59 Å². The molecule has 3 aromatic rings. The fourth-order valence-corrected chi connectivity index (χ4v) is 4.52. The first-order valence-electron chi connectivity index (χ1n) is 10.8. The zero-order chi connectivity index (χ0) is 24.1. The number of nitrogens with one attached hydrogen (secondary N) is 2. The van der Waals surface area contributed by atoms with Crippen molar-refractivity contribution < 1.29 is 19.1 Å². The highest BCUT2D eigenvalue weighted by atomic mass is 32.1. The fourth-order valence-electron chi connectivity index (χ4n) is 3.79. The van der Waals surface area contributed by atoms with Crippen LogP contribution in [0.2, 0.25) is 0 Å². The number of carbonyl (C=O) groups excluding carboxylic acids is 2. The third-order valence-electron chi connectivity index (χ3n) is 5.58. The van der Waals surface area contributed by atoms with Gasteiger partial charge in [0.15, 0.2) is 11.5 Å². The molecule has 1 atom stereocenters. The van der Waals surface area contributed by atoms with Crippen molar-refractivity contribution in [1.82, 2.24) is 10.3 Å². The van der Waals surface area contributed by atoms with E-state index in [1.54, 1.807) is 61.9 Å². The first-order chi connectivity index (χ1) is 16.5. The SMILES string of the molecule is CNC(=O)c1ccc(NCC(=O)N2N=C(c3cccs3)C[C@H]2c2ccc(OC)c(OC)c2)cc1. The number of nitrogens with zero attached hydrogens (tertiary/aromatic N) is 2. The second kappa shape index (κ2) is 10.4. The minimum absolute atomic E-state index is 0.0599. The number of anilines is 1. The lowest BCUT2D eigenvalue weighted by atomic mass is 10.0. The summed E-state index contributed by atoms with van der Waals surface area (Å²) in [6.07, 6.45) is 0.600. The molecular formula is C25H26N4O4S. The minimum atomic E-state index is -0.262. The lowest BCUT2D eigenvalue weighted by molar-refractivity contribution is -0.131. The average molecular weight is 479 g/mol. The third-order valence-corrected chi connectivity index (χ3v) is 6.50. The number of carbonyl (C=O) groups is 2. The van der Waals surface area contributed by atoms with Crippen LogP contribution in [-0.4, -0.2) is 50.3 Å². The van der Waals surface area contributed by atoms with Gasteiger partial charge in [-0.2, -0.15) is 5.10 Å². The fraction of sp³-hybridized carbons (Fsp3) is 0.240. The van der Waals surface area contributed by atoms with Gasteiger partial charge in [0.25, 0.3) is 11.8 Å². The molecule has 8 nitrogen and oxygen atoms in total. The summed E-state index contributed by atoms with van der Waals surface area (Å²) >= 11 is 1.60. The van der Waals surface area contributed by atoms with Crippen molar-refractivity contribution >= 4 is 34.6 Å². The van der Waals surface area contributed by atoms with Crippen molar-refractivity contribution in [3.8, 4) is 11.5 Å². The van der Waals surface area contributed by atoms with Crippen LogP contribution in [0.1, 0.15) is 33.3 Å². The van der Waals surface area contributed by atoms with Crippen LogP contribution in [0.3, 0.4) is 0 Å². The topological polar surface area (TPSA) is 92.3 Å². The Morgan fingerprint density at radius 1 is 1.09 bits per heavy atom. The van der Waals surface area contributed by atoms with Crippen molar-refractivity contribution in [1.29, 1.82) is 0 Å². The van der Waals surface area contributed by atoms with Gasteiger partial charge >= 0.3 is 0 Å². The predicted molar refractivity (Wildman–Crippen MR) is 133 cm³/mol. The van der Waals surface area contributed by atoms with Crippen LogP contribution in [0.15, 0.2) is 65.1 Å². The number of hydrazone groups is 1. The van der Waals surface area contributed by atoms with Gasteiger partial charge < -0.3 is 20.1 Å². The van der Waals surface area contributed by atoms with Gasteiger partial charge in [0, 0.05) is 24.7 Å². The van der Waals surface area contributed by atoms with Gasteiger partial charge in [-0.25, -0.2) is 5.01 Å². The molecule has 1 aliphatic heterocycles. The third kappa shape index (κ3) is 4.89. The Labute approximate surface area is 202 Å². The van der Waals surface area contributed by atoms with Gasteiger partial charge in [0.05, 0.1) is 37.4 Å². The molecule has 2 amide bonds. The van der Waals surface area contributed by atoms with E-state index in [0.29, 0.717) is 23.5 Å². The molecule has 0 saturated heterocycles. The van der Waals surface area contributed by atoms with Crippen LogP contribution in [-0.2, 0) is 4.79 Å². The minimum Gasteiger partial charge on any atom is -0.493 e. The largest absolute Gasteiger partial charge is 0.493 e. The number of hydrogen-bond donors (Lipinski definition) is 2. The summed E-state index contributed by atoms with van der Waals surface area (Å²) < 4.78 is 10.8. The first kappa shape index (κ1) is 23.3. The molecule has 0 aliphatic carbocycles. The second-order valence-corrected chi connectivity index (χ2v) is 8.55. The molecule has 2 N–H and O–H groups in total. The van der Waals surface area contributed by atoms with Crippen LogP contribution in [0.4, 0.5) is 5.69 Å². The quantitative estimate of drug-likeness (QED) is 0.512. The number of rotatable bonds is 8. The smallest absolute Gasteiger partial charge is 0.262 e. The number of amides is 2. The second-order valence-electron chi connectivity index (χ2n) is 7.61. The molecule has 9 heteroatoms. The summed E-state index contributed by atoms with van der Waals surface area (Å²) in [6, 6.07) is 16.3. The zero-order valence-electron chi connectivity index (χ0n) is 19.2. The monoisotopic (exact) mass is 478 g/mol. The molecule has 0 spiro atoms. The Balaban J connectivity index is 1.54. The van der Waals surface area contributed by atoms with Crippen LogP contribution >= 0.6 is 11.3 Å². The highest BCUT2D eigenvalue weighted by Crippen LogP contribution is 2.37. The summed E-state index contributed by atoms with van der Waals surface area (Å²) in [5.74, 6) is 0.907. The Hall–Kier alpha value is -3.85. The van der Waals surface area contributed by atoms with Crippen LogP contribution in [0.5, 0.6) is 11.5 Å². The molecule has 2 aromatic carbocycles. The molecular weight excluding hydrogens is 452 g/mol. The lowest BCUT2D eigenvalue weighted by Gasteiger charge is -2.23. The van der Waals surface area contributed by atoms with Gasteiger partial charge in [-0.1, -0.05) is 12.1 Å². The number of methoxy groups -OCH3 is 2. The number of ether oxygens (including phenoxy) is 2. The van der Waals surface area contributed by atoms with Crippen LogP contribution < -0.4 is 20.1 Å². The maximum atomic E-state index is 13.3. The van der Waals surface area contributed by atoms with Crippen molar-refractivity contribution in [3.63, 3.8) is 0 Å². The predicted octanol–water partition coefficient (Wildman–Crippen LogP) is 3.91. The molecule has 0 unspecified atom stereocenters. The zero-order valence-corrected chi connectivity index (χ0v) is 20.0.